The van der Waals surface area contributed by atoms with Gasteiger partial charge in [0.1, 0.15) is 0 Å². The molecule has 3 heteroatoms. The summed E-state index contributed by atoms with van der Waals surface area (Å²) < 4.78 is 0. The summed E-state index contributed by atoms with van der Waals surface area (Å²) in [5.74, 6) is 0. The number of hydrogen-bond donors (Lipinski definition) is 1. The fourth-order valence-corrected chi connectivity index (χ4v) is 4.17. The molecular formula is C21H21NOS. The highest BCUT2D eigenvalue weighted by molar-refractivity contribution is 7.08. The maximum Gasteiger partial charge on any atom is 0.0716 e. The number of aromatic nitrogens is 1. The second-order valence-corrected chi connectivity index (χ2v) is 7.20. The number of nitrogens with zero attached hydrogens (tertiary/aromatic N) is 1. The molecule has 0 spiro atoms. The van der Waals surface area contributed by atoms with Gasteiger partial charge in [-0.25, -0.2) is 0 Å². The van der Waals surface area contributed by atoms with E-state index in [1.807, 2.05) is 0 Å². The first-order valence-corrected chi connectivity index (χ1v) is 9.50. The van der Waals surface area contributed by atoms with E-state index in [1.54, 1.807) is 11.3 Å². The summed E-state index contributed by atoms with van der Waals surface area (Å²) >= 11 is 1.72. The van der Waals surface area contributed by atoms with Gasteiger partial charge in [0.15, 0.2) is 0 Å². The van der Waals surface area contributed by atoms with Crippen LogP contribution in [0.2, 0.25) is 0 Å². The molecule has 0 atom stereocenters. The molecule has 0 saturated carbocycles. The zero-order valence-corrected chi connectivity index (χ0v) is 14.5. The van der Waals surface area contributed by atoms with Gasteiger partial charge in [0, 0.05) is 23.2 Å². The van der Waals surface area contributed by atoms with Crippen molar-refractivity contribution in [1.82, 2.24) is 4.98 Å². The highest BCUT2D eigenvalue weighted by Crippen LogP contribution is 2.30. The van der Waals surface area contributed by atoms with Crippen molar-refractivity contribution in [2.24, 2.45) is 0 Å². The van der Waals surface area contributed by atoms with Gasteiger partial charge in [-0.1, -0.05) is 24.3 Å². The predicted molar refractivity (Wildman–Crippen MR) is 99.6 cm³/mol. The Morgan fingerprint density at radius 1 is 1.04 bits per heavy atom. The molecule has 1 aliphatic carbocycles. The van der Waals surface area contributed by atoms with Crippen molar-refractivity contribution in [1.29, 1.82) is 0 Å². The minimum Gasteiger partial charge on any atom is -0.396 e. The summed E-state index contributed by atoms with van der Waals surface area (Å²) in [6.45, 7) is 0.210. The molecule has 1 aliphatic rings. The van der Waals surface area contributed by atoms with E-state index in [-0.39, 0.29) is 6.61 Å². The molecule has 24 heavy (non-hydrogen) atoms. The average molecular weight is 335 g/mol. The lowest BCUT2D eigenvalue weighted by atomic mass is 9.97. The number of aliphatic hydroxyl groups is 1. The van der Waals surface area contributed by atoms with E-state index in [1.165, 1.54) is 39.9 Å². The van der Waals surface area contributed by atoms with Gasteiger partial charge in [0.05, 0.1) is 5.69 Å². The number of aryl methyl sites for hydroxylation is 1. The Labute approximate surface area is 146 Å². The Bertz CT molecular complexity index is 822. The van der Waals surface area contributed by atoms with Gasteiger partial charge in [-0.3, -0.25) is 4.98 Å². The largest absolute Gasteiger partial charge is 0.396 e. The van der Waals surface area contributed by atoms with Crippen molar-refractivity contribution >= 4 is 11.3 Å². The van der Waals surface area contributed by atoms with Crippen molar-refractivity contribution in [3.63, 3.8) is 0 Å². The first-order chi connectivity index (χ1) is 11.8. The zero-order valence-electron chi connectivity index (χ0n) is 13.7. The van der Waals surface area contributed by atoms with Crippen LogP contribution in [0.15, 0.2) is 47.2 Å². The van der Waals surface area contributed by atoms with Crippen LogP contribution in [-0.4, -0.2) is 16.7 Å². The molecule has 2 nitrogen and oxygen atoms in total. The number of thiophene rings is 1. The molecule has 0 aliphatic heterocycles. The number of rotatable bonds is 5. The number of hydrogen-bond acceptors (Lipinski definition) is 3. The molecule has 0 fully saturated rings. The SMILES string of the molecule is OCCc1ccc(Cc2cc(-c3ccsc3)nc3c2CCC3)cc1. The van der Waals surface area contributed by atoms with Gasteiger partial charge in [-0.05, 0) is 71.9 Å². The Balaban J connectivity index is 1.67. The van der Waals surface area contributed by atoms with E-state index in [4.69, 9.17) is 10.1 Å². The third-order valence-corrected chi connectivity index (χ3v) is 5.46. The third kappa shape index (κ3) is 3.14. The summed E-state index contributed by atoms with van der Waals surface area (Å²) in [5, 5.41) is 13.3. The highest BCUT2D eigenvalue weighted by atomic mass is 32.1. The lowest BCUT2D eigenvalue weighted by Gasteiger charge is -2.11. The molecule has 0 bridgehead atoms. The summed E-state index contributed by atoms with van der Waals surface area (Å²) in [6, 6.07) is 13.1. The van der Waals surface area contributed by atoms with Crippen LogP contribution >= 0.6 is 11.3 Å². The zero-order chi connectivity index (χ0) is 16.4. The molecule has 122 valence electrons. The maximum atomic E-state index is 9.04. The normalized spacial score (nSPS) is 13.2. The second kappa shape index (κ2) is 6.88. The van der Waals surface area contributed by atoms with Gasteiger partial charge < -0.3 is 5.11 Å². The molecule has 0 radical (unpaired) electrons. The standard InChI is InChI=1S/C21H21NOS/c23-10-8-15-4-6-16(7-5-15)12-18-13-21(17-9-11-24-14-17)22-20-3-1-2-19(18)20/h4-7,9,11,13-14,23H,1-3,8,10,12H2. The van der Waals surface area contributed by atoms with Crippen molar-refractivity contribution < 1.29 is 5.11 Å². The van der Waals surface area contributed by atoms with E-state index in [0.29, 0.717) is 0 Å². The van der Waals surface area contributed by atoms with Crippen LogP contribution in [0, 0.1) is 0 Å². The fourth-order valence-electron chi connectivity index (χ4n) is 3.52. The number of aliphatic hydroxyl groups excluding tert-OH is 1. The molecule has 2 aromatic heterocycles. The van der Waals surface area contributed by atoms with E-state index < -0.39 is 0 Å². The molecule has 0 saturated heterocycles. The average Bonchev–Trinajstić information content (AvgIpc) is 3.28. The van der Waals surface area contributed by atoms with Crippen molar-refractivity contribution in [2.45, 2.75) is 32.1 Å². The molecule has 1 aromatic carbocycles. The summed E-state index contributed by atoms with van der Waals surface area (Å²) in [6.07, 6.45) is 5.17. The second-order valence-electron chi connectivity index (χ2n) is 6.42. The first kappa shape index (κ1) is 15.6. The quantitative estimate of drug-likeness (QED) is 0.748. The minimum atomic E-state index is 0.210. The van der Waals surface area contributed by atoms with Crippen LogP contribution in [0.4, 0.5) is 0 Å². The summed E-state index contributed by atoms with van der Waals surface area (Å²) in [5.41, 5.74) is 9.05. The maximum absolute atomic E-state index is 9.04. The van der Waals surface area contributed by atoms with Crippen LogP contribution in [-0.2, 0) is 25.7 Å². The molecular weight excluding hydrogens is 314 g/mol. The smallest absolute Gasteiger partial charge is 0.0716 e. The van der Waals surface area contributed by atoms with Crippen LogP contribution in [0.1, 0.15) is 34.4 Å². The van der Waals surface area contributed by atoms with Crippen LogP contribution in [0.5, 0.6) is 0 Å². The molecule has 4 rings (SSSR count). The van der Waals surface area contributed by atoms with Crippen LogP contribution in [0.25, 0.3) is 11.3 Å². The van der Waals surface area contributed by atoms with E-state index in [9.17, 15) is 0 Å². The monoisotopic (exact) mass is 335 g/mol. The molecule has 3 aromatic rings. The fraction of sp³-hybridized carbons (Fsp3) is 0.286. The Hall–Kier alpha value is -1.97. The van der Waals surface area contributed by atoms with Gasteiger partial charge in [0.2, 0.25) is 0 Å². The van der Waals surface area contributed by atoms with Crippen molar-refractivity contribution in [3.8, 4) is 11.3 Å². The minimum absolute atomic E-state index is 0.210. The highest BCUT2D eigenvalue weighted by Gasteiger charge is 2.18. The van der Waals surface area contributed by atoms with Gasteiger partial charge >= 0.3 is 0 Å². The first-order valence-electron chi connectivity index (χ1n) is 8.56. The summed E-state index contributed by atoms with van der Waals surface area (Å²) in [7, 11) is 0. The molecule has 1 N–H and O–H groups in total. The Morgan fingerprint density at radius 2 is 1.88 bits per heavy atom. The molecule has 2 heterocycles. The van der Waals surface area contributed by atoms with E-state index in [2.05, 4.69) is 47.2 Å². The van der Waals surface area contributed by atoms with Crippen LogP contribution in [0.3, 0.4) is 0 Å². The lowest BCUT2D eigenvalue weighted by molar-refractivity contribution is 0.299. The number of fused-ring (bicyclic) bond motifs is 1. The van der Waals surface area contributed by atoms with Gasteiger partial charge in [0.25, 0.3) is 0 Å². The molecule has 0 unspecified atom stereocenters. The van der Waals surface area contributed by atoms with Gasteiger partial charge in [-0.15, -0.1) is 0 Å². The van der Waals surface area contributed by atoms with Crippen LogP contribution < -0.4 is 0 Å². The Morgan fingerprint density at radius 3 is 2.62 bits per heavy atom. The van der Waals surface area contributed by atoms with Gasteiger partial charge in [-0.2, -0.15) is 11.3 Å². The lowest BCUT2D eigenvalue weighted by Crippen LogP contribution is -2.00. The predicted octanol–water partition coefficient (Wildman–Crippen LogP) is 4.42. The van der Waals surface area contributed by atoms with Crippen molar-refractivity contribution in [2.75, 3.05) is 6.61 Å². The number of benzene rings is 1. The topological polar surface area (TPSA) is 33.1 Å². The molecule has 0 amide bonds. The number of pyridine rings is 1. The third-order valence-electron chi connectivity index (χ3n) is 4.78. The van der Waals surface area contributed by atoms with E-state index >= 15 is 0 Å². The Kier molecular flexibility index (Phi) is 4.46. The summed E-state index contributed by atoms with van der Waals surface area (Å²) in [4.78, 5) is 4.92. The van der Waals surface area contributed by atoms with E-state index in [0.717, 1.165) is 31.4 Å². The van der Waals surface area contributed by atoms with Crippen molar-refractivity contribution in [3.05, 3.63) is 75.1 Å².